The van der Waals surface area contributed by atoms with Gasteiger partial charge in [-0.2, -0.15) is 5.10 Å². The second-order valence-electron chi connectivity index (χ2n) is 3.43. The maximum absolute atomic E-state index is 9.14. The number of nitrogens with two attached hydrogens (primary N) is 1. The number of nitrogen functional groups attached to an aromatic ring is 1. The van der Waals surface area contributed by atoms with Crippen molar-refractivity contribution in [3.8, 4) is 5.75 Å². The average Bonchev–Trinajstić information content (AvgIpc) is 2.27. The van der Waals surface area contributed by atoms with Crippen molar-refractivity contribution in [2.75, 3.05) is 5.73 Å². The lowest BCUT2D eigenvalue weighted by Gasteiger charge is -2.02. The molecule has 0 aliphatic heterocycles. The van der Waals surface area contributed by atoms with E-state index in [1.165, 1.54) is 0 Å². The van der Waals surface area contributed by atoms with Crippen LogP contribution in [-0.2, 0) is 6.42 Å². The molecule has 0 bridgehead atoms. The molecule has 5 heteroatoms. The van der Waals surface area contributed by atoms with E-state index in [-0.39, 0.29) is 10.9 Å². The van der Waals surface area contributed by atoms with Gasteiger partial charge in [0.2, 0.25) is 0 Å². The number of nitrogens with zero attached hydrogens (tertiary/aromatic N) is 2. The Bertz CT molecular complexity index is 499. The van der Waals surface area contributed by atoms with E-state index in [9.17, 15) is 0 Å². The van der Waals surface area contributed by atoms with Crippen LogP contribution in [0, 0.1) is 0 Å². The predicted octanol–water partition coefficient (Wildman–Crippen LogP) is 2.01. The highest BCUT2D eigenvalue weighted by atomic mass is 35.5. The summed E-state index contributed by atoms with van der Waals surface area (Å²) in [6.45, 7) is 0. The van der Waals surface area contributed by atoms with Crippen molar-refractivity contribution in [3.63, 3.8) is 0 Å². The maximum Gasteiger partial charge on any atom is 0.174 e. The summed E-state index contributed by atoms with van der Waals surface area (Å²) in [5.74, 6) is 0.241. The molecule has 0 aliphatic carbocycles. The fourth-order valence-electron chi connectivity index (χ4n) is 1.34. The summed E-state index contributed by atoms with van der Waals surface area (Å²) in [4.78, 5) is 0. The molecule has 16 heavy (non-hydrogen) atoms. The number of aromatic nitrogens is 2. The van der Waals surface area contributed by atoms with Crippen molar-refractivity contribution < 1.29 is 5.11 Å². The summed E-state index contributed by atoms with van der Waals surface area (Å²) in [5, 5.41) is 17.0. The van der Waals surface area contributed by atoms with Crippen LogP contribution in [0.4, 0.5) is 5.69 Å². The molecule has 0 atom stereocenters. The summed E-state index contributed by atoms with van der Waals surface area (Å²) >= 11 is 5.67. The highest BCUT2D eigenvalue weighted by Gasteiger charge is 2.03. The van der Waals surface area contributed by atoms with Gasteiger partial charge in [0.1, 0.15) is 5.75 Å². The molecular formula is C11H10ClN3O. The number of aromatic hydroxyl groups is 1. The third kappa shape index (κ3) is 2.41. The van der Waals surface area contributed by atoms with E-state index in [2.05, 4.69) is 10.2 Å². The van der Waals surface area contributed by atoms with Crippen LogP contribution >= 0.6 is 11.6 Å². The fraction of sp³-hybridized carbons (Fsp3) is 0.0909. The predicted molar refractivity (Wildman–Crippen MR) is 62.4 cm³/mol. The van der Waals surface area contributed by atoms with Crippen LogP contribution in [0.25, 0.3) is 0 Å². The van der Waals surface area contributed by atoms with Crippen LogP contribution < -0.4 is 5.73 Å². The van der Waals surface area contributed by atoms with Gasteiger partial charge in [0.25, 0.3) is 0 Å². The molecule has 0 spiro atoms. The highest BCUT2D eigenvalue weighted by Crippen LogP contribution is 2.17. The summed E-state index contributed by atoms with van der Waals surface area (Å²) in [6.07, 6.45) is 0.606. The summed E-state index contributed by atoms with van der Waals surface area (Å²) in [7, 11) is 0. The molecule has 1 heterocycles. The zero-order valence-electron chi connectivity index (χ0n) is 8.39. The second-order valence-corrected chi connectivity index (χ2v) is 3.78. The van der Waals surface area contributed by atoms with E-state index in [0.717, 1.165) is 11.3 Å². The van der Waals surface area contributed by atoms with Crippen LogP contribution in [0.15, 0.2) is 30.3 Å². The first-order valence-corrected chi connectivity index (χ1v) is 5.08. The van der Waals surface area contributed by atoms with Gasteiger partial charge < -0.3 is 10.8 Å². The zero-order chi connectivity index (χ0) is 11.5. The van der Waals surface area contributed by atoms with E-state index < -0.39 is 0 Å². The van der Waals surface area contributed by atoms with Crippen molar-refractivity contribution in [1.82, 2.24) is 10.2 Å². The lowest BCUT2D eigenvalue weighted by molar-refractivity contribution is 0.475. The first-order chi connectivity index (χ1) is 7.65. The summed E-state index contributed by atoms with van der Waals surface area (Å²) in [6, 6.07) is 8.59. The molecule has 0 radical (unpaired) electrons. The molecule has 2 aromatic rings. The normalized spacial score (nSPS) is 10.3. The molecule has 0 saturated carbocycles. The second kappa shape index (κ2) is 4.37. The van der Waals surface area contributed by atoms with E-state index in [1.807, 2.05) is 12.1 Å². The average molecular weight is 236 g/mol. The molecule has 82 valence electrons. The van der Waals surface area contributed by atoms with E-state index >= 15 is 0 Å². The monoisotopic (exact) mass is 235 g/mol. The minimum Gasteiger partial charge on any atom is -0.508 e. The quantitative estimate of drug-likeness (QED) is 0.835. The fourth-order valence-corrected chi connectivity index (χ4v) is 1.44. The summed E-state index contributed by atoms with van der Waals surface area (Å²) < 4.78 is 0. The van der Waals surface area contributed by atoms with Crippen LogP contribution in [0.5, 0.6) is 5.75 Å². The molecule has 0 unspecified atom stereocenters. The third-order valence-electron chi connectivity index (χ3n) is 2.15. The number of phenolic OH excluding ortho intramolecular Hbond substituents is 1. The zero-order valence-corrected chi connectivity index (χ0v) is 9.15. The Balaban J connectivity index is 2.20. The highest BCUT2D eigenvalue weighted by molar-refractivity contribution is 6.31. The third-order valence-corrected chi connectivity index (χ3v) is 2.44. The van der Waals surface area contributed by atoms with Gasteiger partial charge in [0.15, 0.2) is 5.15 Å². The molecule has 1 aromatic carbocycles. The molecule has 1 aromatic heterocycles. The van der Waals surface area contributed by atoms with Crippen molar-refractivity contribution in [2.24, 2.45) is 0 Å². The van der Waals surface area contributed by atoms with Gasteiger partial charge in [-0.25, -0.2) is 0 Å². The molecule has 0 aliphatic rings. The molecular weight excluding hydrogens is 226 g/mol. The maximum atomic E-state index is 9.14. The van der Waals surface area contributed by atoms with Crippen LogP contribution in [0.1, 0.15) is 11.3 Å². The van der Waals surface area contributed by atoms with Crippen molar-refractivity contribution in [1.29, 1.82) is 0 Å². The molecule has 3 N–H and O–H groups in total. The lowest BCUT2D eigenvalue weighted by Crippen LogP contribution is -1.98. The van der Waals surface area contributed by atoms with Gasteiger partial charge in [0.05, 0.1) is 11.4 Å². The number of phenols is 1. The van der Waals surface area contributed by atoms with Gasteiger partial charge in [-0.15, -0.1) is 5.10 Å². The Labute approximate surface area is 97.7 Å². The number of hydrogen-bond donors (Lipinski definition) is 2. The van der Waals surface area contributed by atoms with Gasteiger partial charge >= 0.3 is 0 Å². The standard InChI is InChI=1S/C11H10ClN3O/c12-11-10(13)6-8(14-15-11)5-7-1-3-9(16)4-2-7/h1-4,6,16H,5H2,(H2,13,14). The number of anilines is 1. The number of rotatable bonds is 2. The Morgan fingerprint density at radius 2 is 1.88 bits per heavy atom. The summed E-state index contributed by atoms with van der Waals surface area (Å²) in [5.41, 5.74) is 7.81. The lowest BCUT2D eigenvalue weighted by atomic mass is 10.1. The Kier molecular flexibility index (Phi) is 2.92. The van der Waals surface area contributed by atoms with E-state index in [1.54, 1.807) is 18.2 Å². The van der Waals surface area contributed by atoms with Gasteiger partial charge in [-0.3, -0.25) is 0 Å². The van der Waals surface area contributed by atoms with Crippen molar-refractivity contribution in [3.05, 3.63) is 46.7 Å². The van der Waals surface area contributed by atoms with Crippen LogP contribution in [0.2, 0.25) is 5.15 Å². The molecule has 4 nitrogen and oxygen atoms in total. The Morgan fingerprint density at radius 1 is 1.19 bits per heavy atom. The largest absolute Gasteiger partial charge is 0.508 e. The topological polar surface area (TPSA) is 72.0 Å². The van der Waals surface area contributed by atoms with Crippen molar-refractivity contribution >= 4 is 17.3 Å². The molecule has 0 saturated heterocycles. The van der Waals surface area contributed by atoms with Crippen molar-refractivity contribution in [2.45, 2.75) is 6.42 Å². The molecule has 0 fully saturated rings. The Morgan fingerprint density at radius 3 is 2.50 bits per heavy atom. The number of benzene rings is 1. The van der Waals surface area contributed by atoms with Gasteiger partial charge in [-0.1, -0.05) is 23.7 Å². The molecule has 2 rings (SSSR count). The molecule has 0 amide bonds. The van der Waals surface area contributed by atoms with Crippen LogP contribution in [-0.4, -0.2) is 15.3 Å². The van der Waals surface area contributed by atoms with Gasteiger partial charge in [0, 0.05) is 6.42 Å². The minimum absolute atomic E-state index is 0.217. The van der Waals surface area contributed by atoms with E-state index in [0.29, 0.717) is 12.1 Å². The SMILES string of the molecule is Nc1cc(Cc2ccc(O)cc2)nnc1Cl. The minimum atomic E-state index is 0.217. The first-order valence-electron chi connectivity index (χ1n) is 4.70. The number of halogens is 1. The smallest absolute Gasteiger partial charge is 0.174 e. The Hall–Kier alpha value is -1.81. The van der Waals surface area contributed by atoms with Gasteiger partial charge in [-0.05, 0) is 23.8 Å². The number of hydrogen-bond acceptors (Lipinski definition) is 4. The van der Waals surface area contributed by atoms with Crippen LogP contribution in [0.3, 0.4) is 0 Å². The van der Waals surface area contributed by atoms with E-state index in [4.69, 9.17) is 22.4 Å². The first kappa shape index (κ1) is 10.7.